The Balaban J connectivity index is 1.43. The van der Waals surface area contributed by atoms with Gasteiger partial charge in [0.05, 0.1) is 5.69 Å². The number of imidazole rings is 1. The zero-order valence-electron chi connectivity index (χ0n) is 13.0. The fourth-order valence-electron chi connectivity index (χ4n) is 2.37. The maximum Gasteiger partial charge on any atom is 0.210 e. The highest BCUT2D eigenvalue weighted by atomic mass is 32.2. The van der Waals surface area contributed by atoms with Crippen molar-refractivity contribution in [2.75, 3.05) is 5.32 Å². The lowest BCUT2D eigenvalue weighted by Crippen LogP contribution is -1.87. The molecule has 3 aromatic heterocycles. The quantitative estimate of drug-likeness (QED) is 0.534. The second-order valence-corrected chi connectivity index (χ2v) is 7.51. The summed E-state index contributed by atoms with van der Waals surface area (Å²) < 4.78 is 3.00. The summed E-state index contributed by atoms with van der Waals surface area (Å²) in [5.41, 5.74) is 4.25. The Labute approximate surface area is 147 Å². The summed E-state index contributed by atoms with van der Waals surface area (Å²) in [6, 6.07) is 14.1. The molecule has 4 rings (SSSR count). The fourth-order valence-corrected chi connectivity index (χ4v) is 4.03. The van der Waals surface area contributed by atoms with Crippen molar-refractivity contribution < 1.29 is 0 Å². The molecule has 0 unspecified atom stereocenters. The molecule has 0 aliphatic carbocycles. The molecule has 5 nitrogen and oxygen atoms in total. The minimum atomic E-state index is 0.779. The van der Waals surface area contributed by atoms with E-state index in [2.05, 4.69) is 44.1 Å². The molecule has 0 radical (unpaired) electrons. The van der Waals surface area contributed by atoms with Gasteiger partial charge in [0.1, 0.15) is 5.65 Å². The number of hydrogen-bond donors (Lipinski definition) is 1. The first-order valence-corrected chi connectivity index (χ1v) is 9.30. The lowest BCUT2D eigenvalue weighted by Gasteiger charge is -1.99. The number of anilines is 2. The van der Waals surface area contributed by atoms with E-state index in [4.69, 9.17) is 0 Å². The minimum absolute atomic E-state index is 0.779. The predicted octanol–water partition coefficient (Wildman–Crippen LogP) is 4.53. The zero-order chi connectivity index (χ0) is 16.4. The average Bonchev–Trinajstić information content (AvgIpc) is 3.21. The number of para-hydroxylation sites is 1. The van der Waals surface area contributed by atoms with Gasteiger partial charge in [-0.2, -0.15) is 0 Å². The monoisotopic (exact) mass is 353 g/mol. The molecule has 120 valence electrons. The SMILES string of the molecule is Cc1cccn2cc(CSc3nnc(Nc4ccccc4)s3)nc12. The van der Waals surface area contributed by atoms with Crippen molar-refractivity contribution in [3.63, 3.8) is 0 Å². The Bertz CT molecular complexity index is 961. The van der Waals surface area contributed by atoms with Gasteiger partial charge in [0.15, 0.2) is 4.34 Å². The van der Waals surface area contributed by atoms with Crippen molar-refractivity contribution in [3.05, 3.63) is 66.1 Å². The first-order valence-electron chi connectivity index (χ1n) is 7.49. The van der Waals surface area contributed by atoms with Gasteiger partial charge in [-0.1, -0.05) is 47.4 Å². The van der Waals surface area contributed by atoms with E-state index >= 15 is 0 Å². The normalized spacial score (nSPS) is 11.0. The number of benzene rings is 1. The number of pyridine rings is 1. The molecule has 0 aliphatic heterocycles. The van der Waals surface area contributed by atoms with E-state index in [1.54, 1.807) is 23.1 Å². The van der Waals surface area contributed by atoms with Crippen molar-refractivity contribution in [2.24, 2.45) is 0 Å². The molecule has 0 fully saturated rings. The van der Waals surface area contributed by atoms with Crippen molar-refractivity contribution in [2.45, 2.75) is 17.0 Å². The van der Waals surface area contributed by atoms with Crippen molar-refractivity contribution in [3.8, 4) is 0 Å². The van der Waals surface area contributed by atoms with Gasteiger partial charge >= 0.3 is 0 Å². The zero-order valence-corrected chi connectivity index (χ0v) is 14.6. The van der Waals surface area contributed by atoms with Crippen LogP contribution in [0.1, 0.15) is 11.3 Å². The Hall–Kier alpha value is -2.38. The van der Waals surface area contributed by atoms with Gasteiger partial charge in [0.2, 0.25) is 5.13 Å². The second kappa shape index (κ2) is 6.62. The summed E-state index contributed by atoms with van der Waals surface area (Å²) in [7, 11) is 0. The Kier molecular flexibility index (Phi) is 4.18. The number of fused-ring (bicyclic) bond motifs is 1. The molecule has 3 heterocycles. The highest BCUT2D eigenvalue weighted by molar-refractivity contribution is 8.00. The molecular formula is C17H15N5S2. The Morgan fingerprint density at radius 2 is 2.00 bits per heavy atom. The number of aryl methyl sites for hydroxylation is 1. The van der Waals surface area contributed by atoms with Crippen LogP contribution in [0.4, 0.5) is 10.8 Å². The Morgan fingerprint density at radius 1 is 1.12 bits per heavy atom. The largest absolute Gasteiger partial charge is 0.330 e. The van der Waals surface area contributed by atoms with Crippen LogP contribution in [0.2, 0.25) is 0 Å². The van der Waals surface area contributed by atoms with Gasteiger partial charge in [-0.3, -0.25) is 0 Å². The van der Waals surface area contributed by atoms with Crippen molar-refractivity contribution in [1.82, 2.24) is 19.6 Å². The van der Waals surface area contributed by atoms with E-state index in [1.807, 2.05) is 42.6 Å². The van der Waals surface area contributed by atoms with Crippen LogP contribution in [-0.2, 0) is 5.75 Å². The highest BCUT2D eigenvalue weighted by Crippen LogP contribution is 2.29. The first-order chi connectivity index (χ1) is 11.8. The molecule has 1 aromatic carbocycles. The van der Waals surface area contributed by atoms with Crippen molar-refractivity contribution in [1.29, 1.82) is 0 Å². The Morgan fingerprint density at radius 3 is 2.83 bits per heavy atom. The van der Waals surface area contributed by atoms with Gasteiger partial charge in [0, 0.05) is 23.8 Å². The molecule has 4 aromatic rings. The fraction of sp³-hybridized carbons (Fsp3) is 0.118. The number of nitrogens with zero attached hydrogens (tertiary/aromatic N) is 4. The number of thioether (sulfide) groups is 1. The second-order valence-electron chi connectivity index (χ2n) is 5.31. The third-order valence-electron chi connectivity index (χ3n) is 3.50. The van der Waals surface area contributed by atoms with Crippen LogP contribution in [-0.4, -0.2) is 19.6 Å². The first kappa shape index (κ1) is 15.2. The molecule has 24 heavy (non-hydrogen) atoms. The van der Waals surface area contributed by atoms with Crippen LogP contribution < -0.4 is 5.32 Å². The molecule has 0 saturated heterocycles. The summed E-state index contributed by atoms with van der Waals surface area (Å²) in [5, 5.41) is 12.5. The molecular weight excluding hydrogens is 338 g/mol. The lowest BCUT2D eigenvalue weighted by molar-refractivity contribution is 1.01. The predicted molar refractivity (Wildman–Crippen MR) is 99.1 cm³/mol. The van der Waals surface area contributed by atoms with Crippen LogP contribution in [0.25, 0.3) is 5.65 Å². The van der Waals surface area contributed by atoms with E-state index in [0.29, 0.717) is 0 Å². The molecule has 7 heteroatoms. The minimum Gasteiger partial charge on any atom is -0.330 e. The third kappa shape index (κ3) is 3.27. The number of rotatable bonds is 5. The van der Waals surface area contributed by atoms with E-state index in [1.165, 1.54) is 5.56 Å². The lowest BCUT2D eigenvalue weighted by atomic mass is 10.3. The number of hydrogen-bond acceptors (Lipinski definition) is 6. The average molecular weight is 353 g/mol. The van der Waals surface area contributed by atoms with Crippen LogP contribution in [0.15, 0.2) is 59.2 Å². The number of aromatic nitrogens is 4. The smallest absolute Gasteiger partial charge is 0.210 e. The summed E-state index contributed by atoms with van der Waals surface area (Å²) in [5.74, 6) is 0.779. The van der Waals surface area contributed by atoms with Gasteiger partial charge in [0.25, 0.3) is 0 Å². The van der Waals surface area contributed by atoms with E-state index in [-0.39, 0.29) is 0 Å². The van der Waals surface area contributed by atoms with Gasteiger partial charge in [-0.25, -0.2) is 4.98 Å². The highest BCUT2D eigenvalue weighted by Gasteiger charge is 2.08. The van der Waals surface area contributed by atoms with Crippen LogP contribution in [0.5, 0.6) is 0 Å². The molecule has 0 amide bonds. The topological polar surface area (TPSA) is 55.1 Å². The standard InChI is InChI=1S/C17H15N5S2/c1-12-6-5-9-22-10-14(18-15(12)22)11-23-17-21-20-16(24-17)19-13-7-3-2-4-8-13/h2-10H,11H2,1H3,(H,19,20). The van der Waals surface area contributed by atoms with Crippen LogP contribution in [0.3, 0.4) is 0 Å². The van der Waals surface area contributed by atoms with E-state index in [9.17, 15) is 0 Å². The maximum atomic E-state index is 4.68. The summed E-state index contributed by atoms with van der Waals surface area (Å²) in [6.45, 7) is 2.07. The van der Waals surface area contributed by atoms with Gasteiger partial charge in [-0.05, 0) is 30.7 Å². The third-order valence-corrected chi connectivity index (χ3v) is 5.51. The molecule has 1 N–H and O–H groups in total. The summed E-state index contributed by atoms with van der Waals surface area (Å²) in [4.78, 5) is 4.68. The summed E-state index contributed by atoms with van der Waals surface area (Å²) in [6.07, 6.45) is 4.09. The number of nitrogens with one attached hydrogen (secondary N) is 1. The summed E-state index contributed by atoms with van der Waals surface area (Å²) >= 11 is 3.21. The molecule has 0 saturated carbocycles. The van der Waals surface area contributed by atoms with Crippen LogP contribution >= 0.6 is 23.1 Å². The van der Waals surface area contributed by atoms with E-state index < -0.39 is 0 Å². The van der Waals surface area contributed by atoms with Gasteiger partial charge < -0.3 is 9.72 Å². The van der Waals surface area contributed by atoms with Gasteiger partial charge in [-0.15, -0.1) is 10.2 Å². The van der Waals surface area contributed by atoms with Crippen molar-refractivity contribution >= 4 is 39.6 Å². The molecule has 0 bridgehead atoms. The molecule has 0 spiro atoms. The molecule has 0 aliphatic rings. The molecule has 0 atom stereocenters. The van der Waals surface area contributed by atoms with E-state index in [0.717, 1.165) is 32.3 Å². The van der Waals surface area contributed by atoms with Crippen LogP contribution in [0, 0.1) is 6.92 Å². The maximum absolute atomic E-state index is 4.68.